The van der Waals surface area contributed by atoms with Crippen LogP contribution in [0, 0.1) is 0 Å². The van der Waals surface area contributed by atoms with Crippen LogP contribution in [0.1, 0.15) is 43.5 Å². The van der Waals surface area contributed by atoms with E-state index >= 15 is 0 Å². The van der Waals surface area contributed by atoms with Crippen LogP contribution in [0.3, 0.4) is 0 Å². The Labute approximate surface area is 162 Å². The van der Waals surface area contributed by atoms with Crippen molar-refractivity contribution in [1.82, 2.24) is 10.6 Å². The summed E-state index contributed by atoms with van der Waals surface area (Å²) in [4.78, 5) is 24.0. The molecule has 0 saturated heterocycles. The highest BCUT2D eigenvalue weighted by Gasteiger charge is 2.19. The lowest BCUT2D eigenvalue weighted by atomic mass is 10.0. The minimum absolute atomic E-state index is 0.132. The molecule has 0 unspecified atom stereocenters. The number of nitrogens with one attached hydrogen (secondary N) is 2. The minimum atomic E-state index is -0.358. The molecule has 0 aliphatic carbocycles. The van der Waals surface area contributed by atoms with Crippen molar-refractivity contribution in [3.05, 3.63) is 64.1 Å². The first kappa shape index (κ1) is 20.0. The van der Waals surface area contributed by atoms with Crippen molar-refractivity contribution in [3.8, 4) is 5.75 Å². The SMILES string of the molecule is COc1ccc([C@H](C)NC(=O)C[C@@H](NC(C)=O)c2ccccc2)cc1Br. The summed E-state index contributed by atoms with van der Waals surface area (Å²) in [6.07, 6.45) is 0.172. The molecule has 2 N–H and O–H groups in total. The van der Waals surface area contributed by atoms with E-state index in [4.69, 9.17) is 4.74 Å². The van der Waals surface area contributed by atoms with Crippen LogP contribution in [0.25, 0.3) is 0 Å². The van der Waals surface area contributed by atoms with Crippen molar-refractivity contribution in [2.75, 3.05) is 7.11 Å². The maximum absolute atomic E-state index is 12.5. The molecule has 2 amide bonds. The summed E-state index contributed by atoms with van der Waals surface area (Å²) in [5.74, 6) is 0.438. The largest absolute Gasteiger partial charge is 0.496 e. The predicted octanol–water partition coefficient (Wildman–Crippen LogP) is 3.90. The van der Waals surface area contributed by atoms with Crippen molar-refractivity contribution < 1.29 is 14.3 Å². The molecule has 2 atom stereocenters. The Balaban J connectivity index is 2.05. The van der Waals surface area contributed by atoms with Gasteiger partial charge in [-0.1, -0.05) is 36.4 Å². The Hall–Kier alpha value is -2.34. The Morgan fingerprint density at radius 2 is 1.77 bits per heavy atom. The minimum Gasteiger partial charge on any atom is -0.496 e. The van der Waals surface area contributed by atoms with Crippen LogP contribution >= 0.6 is 15.9 Å². The molecule has 5 nitrogen and oxygen atoms in total. The van der Waals surface area contributed by atoms with Gasteiger partial charge in [-0.2, -0.15) is 0 Å². The van der Waals surface area contributed by atoms with Gasteiger partial charge < -0.3 is 15.4 Å². The lowest BCUT2D eigenvalue weighted by molar-refractivity contribution is -0.123. The number of ether oxygens (including phenoxy) is 1. The molecular weight excluding hydrogens is 396 g/mol. The average Bonchev–Trinajstić information content (AvgIpc) is 2.61. The topological polar surface area (TPSA) is 67.4 Å². The third kappa shape index (κ3) is 5.59. The smallest absolute Gasteiger partial charge is 0.222 e. The monoisotopic (exact) mass is 418 g/mol. The fourth-order valence-electron chi connectivity index (χ4n) is 2.70. The molecule has 0 aliphatic heterocycles. The number of carbonyl (C=O) groups excluding carboxylic acids is 2. The van der Waals surface area contributed by atoms with Gasteiger partial charge in [0.25, 0.3) is 0 Å². The first-order chi connectivity index (χ1) is 12.4. The van der Waals surface area contributed by atoms with Crippen molar-refractivity contribution in [2.24, 2.45) is 0 Å². The van der Waals surface area contributed by atoms with Crippen LogP contribution in [-0.2, 0) is 9.59 Å². The fraction of sp³-hybridized carbons (Fsp3) is 0.300. The second-order valence-corrected chi connectivity index (χ2v) is 6.91. The van der Waals surface area contributed by atoms with Gasteiger partial charge in [0.2, 0.25) is 11.8 Å². The van der Waals surface area contributed by atoms with E-state index in [1.54, 1.807) is 7.11 Å². The van der Waals surface area contributed by atoms with Gasteiger partial charge in [-0.15, -0.1) is 0 Å². The van der Waals surface area contributed by atoms with E-state index in [2.05, 4.69) is 26.6 Å². The zero-order valence-corrected chi connectivity index (χ0v) is 16.7. The van der Waals surface area contributed by atoms with Crippen LogP contribution in [-0.4, -0.2) is 18.9 Å². The van der Waals surface area contributed by atoms with Crippen molar-refractivity contribution in [1.29, 1.82) is 0 Å². The summed E-state index contributed by atoms with van der Waals surface area (Å²) in [5, 5.41) is 5.82. The highest BCUT2D eigenvalue weighted by atomic mass is 79.9. The van der Waals surface area contributed by atoms with Gasteiger partial charge >= 0.3 is 0 Å². The summed E-state index contributed by atoms with van der Waals surface area (Å²) >= 11 is 3.45. The van der Waals surface area contributed by atoms with E-state index in [1.165, 1.54) is 6.92 Å². The van der Waals surface area contributed by atoms with E-state index in [9.17, 15) is 9.59 Å². The molecule has 2 rings (SSSR count). The Kier molecular flexibility index (Phi) is 7.21. The Morgan fingerprint density at radius 3 is 2.35 bits per heavy atom. The molecule has 0 aliphatic rings. The summed E-state index contributed by atoms with van der Waals surface area (Å²) in [5.41, 5.74) is 1.86. The van der Waals surface area contributed by atoms with Gasteiger partial charge in [-0.05, 0) is 46.1 Å². The zero-order valence-electron chi connectivity index (χ0n) is 15.1. The lowest BCUT2D eigenvalue weighted by Gasteiger charge is -2.20. The second-order valence-electron chi connectivity index (χ2n) is 6.05. The van der Waals surface area contributed by atoms with Crippen LogP contribution in [0.15, 0.2) is 53.0 Å². The number of halogens is 1. The van der Waals surface area contributed by atoms with Crippen LogP contribution in [0.4, 0.5) is 0 Å². The van der Waals surface area contributed by atoms with Gasteiger partial charge in [-0.3, -0.25) is 9.59 Å². The van der Waals surface area contributed by atoms with E-state index in [1.807, 2.05) is 55.5 Å². The standard InChI is InChI=1S/C20H23BrN2O3/c1-13(16-9-10-19(26-3)17(21)11-16)22-20(25)12-18(23-14(2)24)15-7-5-4-6-8-15/h4-11,13,18H,12H2,1-3H3,(H,22,25)(H,23,24)/t13-,18+/m0/s1. The molecule has 0 fully saturated rings. The van der Waals surface area contributed by atoms with E-state index in [0.29, 0.717) is 0 Å². The van der Waals surface area contributed by atoms with Gasteiger partial charge in [0, 0.05) is 6.92 Å². The molecule has 2 aromatic carbocycles. The quantitative estimate of drug-likeness (QED) is 0.716. The number of amides is 2. The molecule has 0 spiro atoms. The second kappa shape index (κ2) is 9.38. The maximum Gasteiger partial charge on any atom is 0.222 e. The summed E-state index contributed by atoms with van der Waals surface area (Å²) in [6, 6.07) is 14.6. The average molecular weight is 419 g/mol. The summed E-state index contributed by atoms with van der Waals surface area (Å²) in [7, 11) is 1.61. The Bertz CT molecular complexity index is 765. The van der Waals surface area contributed by atoms with E-state index in [0.717, 1.165) is 21.3 Å². The molecule has 6 heteroatoms. The van der Waals surface area contributed by atoms with Crippen LogP contribution in [0.5, 0.6) is 5.75 Å². The molecule has 0 saturated carbocycles. The van der Waals surface area contributed by atoms with Crippen molar-refractivity contribution in [3.63, 3.8) is 0 Å². The number of hydrogen-bond acceptors (Lipinski definition) is 3. The number of hydrogen-bond donors (Lipinski definition) is 2. The van der Waals surface area contributed by atoms with Crippen LogP contribution in [0.2, 0.25) is 0 Å². The molecule has 26 heavy (non-hydrogen) atoms. The van der Waals surface area contributed by atoms with Crippen molar-refractivity contribution >= 4 is 27.7 Å². The summed E-state index contributed by atoms with van der Waals surface area (Å²) < 4.78 is 6.06. The number of rotatable bonds is 7. The highest BCUT2D eigenvalue weighted by Crippen LogP contribution is 2.28. The van der Waals surface area contributed by atoms with Gasteiger partial charge in [0.1, 0.15) is 5.75 Å². The number of methoxy groups -OCH3 is 1. The normalized spacial score (nSPS) is 12.8. The number of carbonyl (C=O) groups is 2. The molecule has 0 bridgehead atoms. The molecule has 0 heterocycles. The summed E-state index contributed by atoms with van der Waals surface area (Å²) in [6.45, 7) is 3.37. The van der Waals surface area contributed by atoms with Gasteiger partial charge in [0.15, 0.2) is 0 Å². The van der Waals surface area contributed by atoms with Crippen LogP contribution < -0.4 is 15.4 Å². The van der Waals surface area contributed by atoms with E-state index < -0.39 is 0 Å². The molecule has 138 valence electrons. The Morgan fingerprint density at radius 1 is 1.08 bits per heavy atom. The van der Waals surface area contributed by atoms with Gasteiger partial charge in [-0.25, -0.2) is 0 Å². The van der Waals surface area contributed by atoms with E-state index in [-0.39, 0.29) is 30.3 Å². The maximum atomic E-state index is 12.5. The first-order valence-corrected chi connectivity index (χ1v) is 9.15. The third-order valence-electron chi connectivity index (χ3n) is 4.02. The lowest BCUT2D eigenvalue weighted by Crippen LogP contribution is -2.33. The third-order valence-corrected chi connectivity index (χ3v) is 4.64. The number of benzene rings is 2. The zero-order chi connectivity index (χ0) is 19.1. The van der Waals surface area contributed by atoms with Crippen molar-refractivity contribution in [2.45, 2.75) is 32.4 Å². The first-order valence-electron chi connectivity index (χ1n) is 8.35. The predicted molar refractivity (Wildman–Crippen MR) is 105 cm³/mol. The molecule has 0 radical (unpaired) electrons. The molecular formula is C20H23BrN2O3. The molecule has 0 aromatic heterocycles. The van der Waals surface area contributed by atoms with Gasteiger partial charge in [0.05, 0.1) is 30.1 Å². The highest BCUT2D eigenvalue weighted by molar-refractivity contribution is 9.10. The fourth-order valence-corrected chi connectivity index (χ4v) is 3.26. The molecule has 2 aromatic rings.